The van der Waals surface area contributed by atoms with Crippen LogP contribution in [-0.2, 0) is 9.53 Å². The van der Waals surface area contributed by atoms with Crippen LogP contribution in [0, 0.1) is 11.3 Å². The molecule has 0 saturated heterocycles. The van der Waals surface area contributed by atoms with E-state index in [2.05, 4.69) is 4.74 Å². The van der Waals surface area contributed by atoms with Gasteiger partial charge in [0.25, 0.3) is 0 Å². The Morgan fingerprint density at radius 3 is 2.89 bits per heavy atom. The molecule has 4 nitrogen and oxygen atoms in total. The normalized spacial score (nSPS) is 12.0. The van der Waals surface area contributed by atoms with E-state index in [4.69, 9.17) is 10.4 Å². The predicted molar refractivity (Wildman–Crippen MR) is 28.7 cm³/mol. The third-order valence-electron chi connectivity index (χ3n) is 0.746. The molecule has 1 atom stereocenters. The molecular formula is C5H7NO3. The molecule has 0 amide bonds. The lowest BCUT2D eigenvalue weighted by Gasteiger charge is -2.01. The van der Waals surface area contributed by atoms with Crippen LogP contribution in [0.4, 0.5) is 0 Å². The Hall–Kier alpha value is -1.08. The van der Waals surface area contributed by atoms with Crippen molar-refractivity contribution in [2.24, 2.45) is 0 Å². The van der Waals surface area contributed by atoms with E-state index < -0.39 is 12.1 Å². The Morgan fingerprint density at radius 2 is 2.56 bits per heavy atom. The van der Waals surface area contributed by atoms with Crippen LogP contribution in [0.1, 0.15) is 6.92 Å². The van der Waals surface area contributed by atoms with Gasteiger partial charge in [-0.15, -0.1) is 0 Å². The van der Waals surface area contributed by atoms with Crippen LogP contribution in [0.15, 0.2) is 0 Å². The molecule has 0 saturated carbocycles. The van der Waals surface area contributed by atoms with E-state index in [-0.39, 0.29) is 6.61 Å². The summed E-state index contributed by atoms with van der Waals surface area (Å²) in [6.45, 7) is 1.20. The molecule has 1 N–H and O–H groups in total. The van der Waals surface area contributed by atoms with Crippen molar-refractivity contribution in [1.29, 1.82) is 5.26 Å². The number of hydrogen-bond donors (Lipinski definition) is 1. The molecule has 0 aliphatic rings. The van der Waals surface area contributed by atoms with Crippen LogP contribution >= 0.6 is 0 Å². The fraction of sp³-hybridized carbons (Fsp3) is 0.600. The van der Waals surface area contributed by atoms with E-state index in [0.29, 0.717) is 0 Å². The molecule has 0 fully saturated rings. The molecule has 0 bridgehead atoms. The zero-order valence-electron chi connectivity index (χ0n) is 5.00. The molecule has 0 unspecified atom stereocenters. The SMILES string of the molecule is C[C@H](OCC#N)C(=O)O. The van der Waals surface area contributed by atoms with Gasteiger partial charge in [-0.05, 0) is 6.92 Å². The van der Waals surface area contributed by atoms with Gasteiger partial charge < -0.3 is 9.84 Å². The molecule has 0 aromatic carbocycles. The number of nitrogens with zero attached hydrogens (tertiary/aromatic N) is 1. The van der Waals surface area contributed by atoms with E-state index in [1.165, 1.54) is 6.92 Å². The number of rotatable bonds is 3. The topological polar surface area (TPSA) is 70.3 Å². The number of ether oxygens (including phenoxy) is 1. The fourth-order valence-corrected chi connectivity index (χ4v) is 0.234. The minimum absolute atomic E-state index is 0.173. The van der Waals surface area contributed by atoms with E-state index in [1.54, 1.807) is 6.07 Å². The van der Waals surface area contributed by atoms with Crippen LogP contribution < -0.4 is 0 Å². The monoisotopic (exact) mass is 129 g/mol. The molecule has 0 aliphatic carbocycles. The molecular weight excluding hydrogens is 122 g/mol. The van der Waals surface area contributed by atoms with Crippen molar-refractivity contribution in [3.63, 3.8) is 0 Å². The average molecular weight is 129 g/mol. The number of carboxylic acid groups (broad SMARTS) is 1. The lowest BCUT2D eigenvalue weighted by atomic mass is 10.4. The Labute approximate surface area is 52.7 Å². The van der Waals surface area contributed by atoms with Gasteiger partial charge in [-0.3, -0.25) is 0 Å². The van der Waals surface area contributed by atoms with E-state index >= 15 is 0 Å². The van der Waals surface area contributed by atoms with Gasteiger partial charge in [0, 0.05) is 0 Å². The van der Waals surface area contributed by atoms with Crippen molar-refractivity contribution in [3.05, 3.63) is 0 Å². The third kappa shape index (κ3) is 3.50. The highest BCUT2D eigenvalue weighted by atomic mass is 16.5. The predicted octanol–water partition coefficient (Wildman–Crippen LogP) is -0.000320. The molecule has 0 aliphatic heterocycles. The van der Waals surface area contributed by atoms with Crippen molar-refractivity contribution in [2.75, 3.05) is 6.61 Å². The molecule has 0 aromatic heterocycles. The second kappa shape index (κ2) is 3.87. The Bertz CT molecular complexity index is 138. The average Bonchev–Trinajstić information content (AvgIpc) is 1.82. The highest BCUT2D eigenvalue weighted by molar-refractivity contribution is 5.71. The Balaban J connectivity index is 3.41. The molecule has 4 heteroatoms. The second-order valence-corrected chi connectivity index (χ2v) is 1.45. The molecule has 0 spiro atoms. The van der Waals surface area contributed by atoms with Gasteiger partial charge in [0.1, 0.15) is 6.61 Å². The number of aliphatic carboxylic acids is 1. The maximum atomic E-state index is 9.97. The summed E-state index contributed by atoms with van der Waals surface area (Å²) in [7, 11) is 0. The van der Waals surface area contributed by atoms with Crippen LogP contribution in [0.3, 0.4) is 0 Å². The first kappa shape index (κ1) is 7.92. The van der Waals surface area contributed by atoms with Gasteiger partial charge in [0.05, 0.1) is 6.07 Å². The molecule has 0 heterocycles. The zero-order chi connectivity index (χ0) is 7.28. The largest absolute Gasteiger partial charge is 0.479 e. The number of nitriles is 1. The van der Waals surface area contributed by atoms with Crippen LogP contribution in [0.25, 0.3) is 0 Å². The van der Waals surface area contributed by atoms with Crippen molar-refractivity contribution < 1.29 is 14.6 Å². The molecule has 50 valence electrons. The summed E-state index contributed by atoms with van der Waals surface area (Å²) in [5.74, 6) is -1.05. The zero-order valence-corrected chi connectivity index (χ0v) is 5.00. The first-order valence-electron chi connectivity index (χ1n) is 2.40. The minimum Gasteiger partial charge on any atom is -0.479 e. The highest BCUT2D eigenvalue weighted by Crippen LogP contribution is 1.87. The summed E-state index contributed by atoms with van der Waals surface area (Å²) in [5.41, 5.74) is 0. The van der Waals surface area contributed by atoms with Gasteiger partial charge in [-0.25, -0.2) is 4.79 Å². The van der Waals surface area contributed by atoms with Crippen LogP contribution in [-0.4, -0.2) is 23.8 Å². The van der Waals surface area contributed by atoms with Crippen molar-refractivity contribution in [1.82, 2.24) is 0 Å². The fourth-order valence-electron chi connectivity index (χ4n) is 0.234. The summed E-state index contributed by atoms with van der Waals surface area (Å²) >= 11 is 0. The summed E-state index contributed by atoms with van der Waals surface area (Å²) in [4.78, 5) is 9.97. The van der Waals surface area contributed by atoms with Gasteiger partial charge in [-0.1, -0.05) is 0 Å². The molecule has 0 rings (SSSR count). The summed E-state index contributed by atoms with van der Waals surface area (Å²) in [6.07, 6.45) is -0.885. The van der Waals surface area contributed by atoms with Crippen molar-refractivity contribution in [2.45, 2.75) is 13.0 Å². The minimum atomic E-state index is -1.05. The first-order chi connectivity index (χ1) is 4.18. The maximum absolute atomic E-state index is 9.97. The number of carbonyl (C=O) groups is 1. The summed E-state index contributed by atoms with van der Waals surface area (Å²) in [5, 5.41) is 16.1. The van der Waals surface area contributed by atoms with Gasteiger partial charge in [0.15, 0.2) is 6.10 Å². The van der Waals surface area contributed by atoms with Crippen LogP contribution in [0.5, 0.6) is 0 Å². The van der Waals surface area contributed by atoms with Gasteiger partial charge >= 0.3 is 5.97 Å². The standard InChI is InChI=1S/C5H7NO3/c1-4(5(7)8)9-3-2-6/h4H,3H2,1H3,(H,7,8)/t4-/m0/s1. The maximum Gasteiger partial charge on any atom is 0.332 e. The van der Waals surface area contributed by atoms with E-state index in [1.807, 2.05) is 0 Å². The number of carboxylic acids is 1. The van der Waals surface area contributed by atoms with E-state index in [9.17, 15) is 4.79 Å². The Kier molecular flexibility index (Phi) is 3.40. The van der Waals surface area contributed by atoms with Gasteiger partial charge in [-0.2, -0.15) is 5.26 Å². The lowest BCUT2D eigenvalue weighted by Crippen LogP contribution is -2.19. The molecule has 0 radical (unpaired) electrons. The Morgan fingerprint density at radius 1 is 2.00 bits per heavy atom. The third-order valence-corrected chi connectivity index (χ3v) is 0.746. The smallest absolute Gasteiger partial charge is 0.332 e. The van der Waals surface area contributed by atoms with Crippen molar-refractivity contribution in [3.8, 4) is 6.07 Å². The summed E-state index contributed by atoms with van der Waals surface area (Å²) < 4.78 is 4.49. The van der Waals surface area contributed by atoms with Gasteiger partial charge in [0.2, 0.25) is 0 Å². The molecule has 0 aromatic rings. The first-order valence-corrected chi connectivity index (χ1v) is 2.40. The molecule has 9 heavy (non-hydrogen) atoms. The van der Waals surface area contributed by atoms with Crippen LogP contribution in [0.2, 0.25) is 0 Å². The highest BCUT2D eigenvalue weighted by Gasteiger charge is 2.09. The summed E-state index contributed by atoms with van der Waals surface area (Å²) in [6, 6.07) is 1.67. The van der Waals surface area contributed by atoms with Crippen molar-refractivity contribution >= 4 is 5.97 Å². The number of hydrogen-bond acceptors (Lipinski definition) is 3. The van der Waals surface area contributed by atoms with E-state index in [0.717, 1.165) is 0 Å². The lowest BCUT2D eigenvalue weighted by molar-refractivity contribution is -0.148. The quantitative estimate of drug-likeness (QED) is 0.582. The second-order valence-electron chi connectivity index (χ2n) is 1.45.